The molecule has 0 amide bonds. The van der Waals surface area contributed by atoms with E-state index in [0.29, 0.717) is 22.8 Å². The summed E-state index contributed by atoms with van der Waals surface area (Å²) in [5.41, 5.74) is 2.82. The Morgan fingerprint density at radius 2 is 1.92 bits per heavy atom. The molecular weight excluding hydrogens is 333 g/mol. The highest BCUT2D eigenvalue weighted by Gasteiger charge is 2.26. The van der Waals surface area contributed by atoms with E-state index < -0.39 is 5.97 Å². The second-order valence-electron chi connectivity index (χ2n) is 6.60. The molecule has 1 aliphatic rings. The van der Waals surface area contributed by atoms with Crippen LogP contribution < -0.4 is 4.90 Å². The van der Waals surface area contributed by atoms with Crippen molar-refractivity contribution in [2.24, 2.45) is 0 Å². The number of aromatic nitrogens is 2. The molecule has 4 rings (SSSR count). The zero-order chi connectivity index (χ0) is 18.3. The molecule has 0 spiro atoms. The molecule has 1 aromatic heterocycles. The van der Waals surface area contributed by atoms with Crippen molar-refractivity contribution in [2.45, 2.75) is 25.8 Å². The van der Waals surface area contributed by atoms with Crippen LogP contribution in [-0.2, 0) is 0 Å². The summed E-state index contributed by atoms with van der Waals surface area (Å²) in [6.45, 7) is 3.01. The van der Waals surface area contributed by atoms with E-state index >= 15 is 0 Å². The summed E-state index contributed by atoms with van der Waals surface area (Å²) in [5, 5.41) is 9.23. The topological polar surface area (TPSA) is 66.3 Å². The number of carboxylic acid groups (broad SMARTS) is 1. The molecule has 3 aromatic rings. The third kappa shape index (κ3) is 2.87. The molecule has 0 unspecified atom stereocenters. The van der Waals surface area contributed by atoms with Gasteiger partial charge in [0.2, 0.25) is 0 Å². The zero-order valence-electron chi connectivity index (χ0n) is 14.3. The average Bonchev–Trinajstić information content (AvgIpc) is 3.06. The van der Waals surface area contributed by atoms with Crippen molar-refractivity contribution < 1.29 is 14.3 Å². The summed E-state index contributed by atoms with van der Waals surface area (Å²) in [7, 11) is 0. The van der Waals surface area contributed by atoms with Crippen LogP contribution in [0.5, 0.6) is 0 Å². The van der Waals surface area contributed by atoms with Crippen molar-refractivity contribution >= 4 is 22.8 Å². The van der Waals surface area contributed by atoms with E-state index in [0.717, 1.165) is 30.8 Å². The predicted octanol–water partition coefficient (Wildman–Crippen LogP) is 4.12. The molecule has 1 atom stereocenters. The van der Waals surface area contributed by atoms with E-state index in [2.05, 4.69) is 11.8 Å². The molecule has 26 heavy (non-hydrogen) atoms. The Morgan fingerprint density at radius 1 is 1.15 bits per heavy atom. The highest BCUT2D eigenvalue weighted by molar-refractivity contribution is 5.93. The van der Waals surface area contributed by atoms with Gasteiger partial charge in [0.05, 0.1) is 16.6 Å². The molecule has 0 saturated carbocycles. The van der Waals surface area contributed by atoms with E-state index in [9.17, 15) is 14.3 Å². The highest BCUT2D eigenvalue weighted by atomic mass is 19.1. The molecular formula is C20H18FN3O2. The fraction of sp³-hybridized carbons (Fsp3) is 0.250. The summed E-state index contributed by atoms with van der Waals surface area (Å²) in [4.78, 5) is 22.9. The van der Waals surface area contributed by atoms with Crippen molar-refractivity contribution in [3.8, 4) is 11.3 Å². The number of carboxylic acids is 1. The van der Waals surface area contributed by atoms with Gasteiger partial charge in [-0.05, 0) is 62.2 Å². The van der Waals surface area contributed by atoms with Crippen molar-refractivity contribution in [2.75, 3.05) is 11.4 Å². The molecule has 6 heteroatoms. The van der Waals surface area contributed by atoms with E-state index in [1.165, 1.54) is 18.2 Å². The number of anilines is 1. The fourth-order valence-corrected chi connectivity index (χ4v) is 3.43. The monoisotopic (exact) mass is 351 g/mol. The fourth-order valence-electron chi connectivity index (χ4n) is 3.43. The molecule has 1 N–H and O–H groups in total. The first-order valence-corrected chi connectivity index (χ1v) is 8.60. The van der Waals surface area contributed by atoms with Crippen LogP contribution in [0.3, 0.4) is 0 Å². The summed E-state index contributed by atoms with van der Waals surface area (Å²) in [6.07, 6.45) is 2.14. The van der Waals surface area contributed by atoms with Gasteiger partial charge in [0.1, 0.15) is 11.5 Å². The predicted molar refractivity (Wildman–Crippen MR) is 97.9 cm³/mol. The number of fused-ring (bicyclic) bond motifs is 1. The van der Waals surface area contributed by atoms with Crippen molar-refractivity contribution in [3.63, 3.8) is 0 Å². The number of aromatic carboxylic acids is 1. The van der Waals surface area contributed by atoms with Gasteiger partial charge in [-0.3, -0.25) is 0 Å². The molecule has 132 valence electrons. The number of halogens is 1. The highest BCUT2D eigenvalue weighted by Crippen LogP contribution is 2.34. The normalized spacial score (nSPS) is 17.0. The van der Waals surface area contributed by atoms with Gasteiger partial charge >= 0.3 is 5.97 Å². The van der Waals surface area contributed by atoms with Crippen LogP contribution in [0, 0.1) is 5.82 Å². The second kappa shape index (κ2) is 6.37. The summed E-state index contributed by atoms with van der Waals surface area (Å²) < 4.78 is 13.3. The van der Waals surface area contributed by atoms with Gasteiger partial charge in [-0.25, -0.2) is 19.2 Å². The van der Waals surface area contributed by atoms with Gasteiger partial charge in [-0.15, -0.1) is 0 Å². The lowest BCUT2D eigenvalue weighted by Crippen LogP contribution is -2.28. The van der Waals surface area contributed by atoms with Crippen LogP contribution >= 0.6 is 0 Å². The largest absolute Gasteiger partial charge is 0.478 e. The molecule has 5 nitrogen and oxygen atoms in total. The van der Waals surface area contributed by atoms with Crippen LogP contribution in [0.15, 0.2) is 42.5 Å². The van der Waals surface area contributed by atoms with Crippen molar-refractivity contribution in [1.82, 2.24) is 9.97 Å². The summed E-state index contributed by atoms with van der Waals surface area (Å²) >= 11 is 0. The molecule has 2 heterocycles. The van der Waals surface area contributed by atoms with E-state index in [1.54, 1.807) is 24.3 Å². The van der Waals surface area contributed by atoms with E-state index in [-0.39, 0.29) is 11.4 Å². The number of rotatable bonds is 3. The van der Waals surface area contributed by atoms with Crippen LogP contribution in [0.1, 0.15) is 30.1 Å². The van der Waals surface area contributed by atoms with E-state index in [4.69, 9.17) is 9.97 Å². The maximum atomic E-state index is 13.3. The standard InChI is InChI=1S/C20H18FN3O2/c1-12-3-2-10-24(12)19-18(13-4-7-15(21)8-5-13)22-16-9-6-14(20(25)26)11-17(16)23-19/h4-9,11-12H,2-3,10H2,1H3,(H,25,26)/t12-/m1/s1. The number of hydrogen-bond donors (Lipinski definition) is 1. The third-order valence-corrected chi connectivity index (χ3v) is 4.84. The minimum absolute atomic E-state index is 0.182. The lowest BCUT2D eigenvalue weighted by molar-refractivity contribution is 0.0697. The molecule has 1 saturated heterocycles. The Balaban J connectivity index is 1.94. The molecule has 0 radical (unpaired) electrons. The third-order valence-electron chi connectivity index (χ3n) is 4.84. The zero-order valence-corrected chi connectivity index (χ0v) is 14.3. The van der Waals surface area contributed by atoms with Crippen molar-refractivity contribution in [1.29, 1.82) is 0 Å². The van der Waals surface area contributed by atoms with Gasteiger partial charge < -0.3 is 10.0 Å². The maximum absolute atomic E-state index is 13.3. The van der Waals surface area contributed by atoms with Gasteiger partial charge in [-0.2, -0.15) is 0 Å². The van der Waals surface area contributed by atoms with Gasteiger partial charge in [0.25, 0.3) is 0 Å². The quantitative estimate of drug-likeness (QED) is 0.769. The molecule has 0 bridgehead atoms. The SMILES string of the molecule is C[C@@H]1CCCN1c1nc2cc(C(=O)O)ccc2nc1-c1ccc(F)cc1. The van der Waals surface area contributed by atoms with E-state index in [1.807, 2.05) is 0 Å². The number of benzene rings is 2. The van der Waals surface area contributed by atoms with Crippen LogP contribution in [0.4, 0.5) is 10.2 Å². The maximum Gasteiger partial charge on any atom is 0.335 e. The minimum atomic E-state index is -0.993. The first-order chi connectivity index (χ1) is 12.5. The van der Waals surface area contributed by atoms with Crippen LogP contribution in [0.25, 0.3) is 22.3 Å². The lowest BCUT2D eigenvalue weighted by Gasteiger charge is -2.25. The molecule has 0 aliphatic carbocycles. The summed E-state index contributed by atoms with van der Waals surface area (Å²) in [6, 6.07) is 11.3. The number of carbonyl (C=O) groups is 1. The van der Waals surface area contributed by atoms with Gasteiger partial charge in [0, 0.05) is 18.2 Å². The Bertz CT molecular complexity index is 988. The van der Waals surface area contributed by atoms with Gasteiger partial charge in [0.15, 0.2) is 5.82 Å². The van der Waals surface area contributed by atoms with Crippen LogP contribution in [0.2, 0.25) is 0 Å². The van der Waals surface area contributed by atoms with Crippen LogP contribution in [-0.4, -0.2) is 33.6 Å². The number of nitrogens with zero attached hydrogens (tertiary/aromatic N) is 3. The smallest absolute Gasteiger partial charge is 0.335 e. The Morgan fingerprint density at radius 3 is 2.58 bits per heavy atom. The summed E-state index contributed by atoms with van der Waals surface area (Å²) in [5.74, 6) is -0.575. The first kappa shape index (κ1) is 16.4. The Labute approximate surface area is 150 Å². The molecule has 1 aliphatic heterocycles. The Hall–Kier alpha value is -3.02. The lowest BCUT2D eigenvalue weighted by atomic mass is 10.1. The minimum Gasteiger partial charge on any atom is -0.478 e. The molecule has 1 fully saturated rings. The van der Waals surface area contributed by atoms with Crippen molar-refractivity contribution in [3.05, 3.63) is 53.8 Å². The Kier molecular flexibility index (Phi) is 4.03. The average molecular weight is 351 g/mol. The first-order valence-electron chi connectivity index (χ1n) is 8.60. The number of hydrogen-bond acceptors (Lipinski definition) is 4. The van der Waals surface area contributed by atoms with Gasteiger partial charge in [-0.1, -0.05) is 0 Å². The molecule has 2 aromatic carbocycles. The second-order valence-corrected chi connectivity index (χ2v) is 6.60.